The molecule has 106 valence electrons. The maximum atomic E-state index is 12.5. The van der Waals surface area contributed by atoms with Crippen molar-refractivity contribution in [2.75, 3.05) is 40.3 Å². The second-order valence-electron chi connectivity index (χ2n) is 5.55. The molecule has 5 nitrogen and oxygen atoms in total. The molecule has 6 heteroatoms. The minimum Gasteiger partial charge on any atom is -0.317 e. The van der Waals surface area contributed by atoms with Gasteiger partial charge in [-0.15, -0.1) is 0 Å². The van der Waals surface area contributed by atoms with Gasteiger partial charge in [0.15, 0.2) is 0 Å². The quantitative estimate of drug-likeness (QED) is 0.790. The predicted molar refractivity (Wildman–Crippen MR) is 73.1 cm³/mol. The van der Waals surface area contributed by atoms with Crippen LogP contribution >= 0.6 is 0 Å². The standard InChI is InChI=1S/C12H25N3O2S/c1-14-9-3-4-11(14)10-15(2)18(16,17)12-5-7-13-8-6-12/h11-13H,3-10H2,1-2H3. The topological polar surface area (TPSA) is 52.7 Å². The Labute approximate surface area is 111 Å². The van der Waals surface area contributed by atoms with E-state index in [0.29, 0.717) is 12.6 Å². The molecule has 0 spiro atoms. The Morgan fingerprint density at radius 1 is 1.28 bits per heavy atom. The molecule has 2 heterocycles. The number of nitrogens with zero attached hydrogens (tertiary/aromatic N) is 2. The zero-order chi connectivity index (χ0) is 13.2. The van der Waals surface area contributed by atoms with Crippen LogP contribution in [-0.4, -0.2) is 69.2 Å². The highest BCUT2D eigenvalue weighted by Gasteiger charge is 2.33. The Balaban J connectivity index is 1.95. The third kappa shape index (κ3) is 3.04. The van der Waals surface area contributed by atoms with Gasteiger partial charge < -0.3 is 10.2 Å². The van der Waals surface area contributed by atoms with Crippen molar-refractivity contribution < 1.29 is 8.42 Å². The SMILES string of the molecule is CN1CCCC1CN(C)S(=O)(=O)C1CCNCC1. The van der Waals surface area contributed by atoms with Crippen LogP contribution in [0.2, 0.25) is 0 Å². The van der Waals surface area contributed by atoms with Crippen LogP contribution in [0.1, 0.15) is 25.7 Å². The van der Waals surface area contributed by atoms with E-state index in [4.69, 9.17) is 0 Å². The molecule has 0 radical (unpaired) electrons. The number of nitrogens with one attached hydrogen (secondary N) is 1. The van der Waals surface area contributed by atoms with Gasteiger partial charge in [0.2, 0.25) is 10.0 Å². The normalized spacial score (nSPS) is 28.1. The molecule has 2 saturated heterocycles. The fraction of sp³-hybridized carbons (Fsp3) is 1.00. The minimum atomic E-state index is -3.11. The van der Waals surface area contributed by atoms with Crippen LogP contribution in [0, 0.1) is 0 Å². The average molecular weight is 275 g/mol. The summed E-state index contributed by atoms with van der Waals surface area (Å²) in [5.74, 6) is 0. The van der Waals surface area contributed by atoms with Gasteiger partial charge in [0, 0.05) is 19.6 Å². The summed E-state index contributed by atoms with van der Waals surface area (Å²) in [7, 11) is 0.719. The van der Waals surface area contributed by atoms with Crippen LogP contribution in [-0.2, 0) is 10.0 Å². The van der Waals surface area contributed by atoms with E-state index in [1.54, 1.807) is 11.4 Å². The molecule has 2 rings (SSSR count). The van der Waals surface area contributed by atoms with Gasteiger partial charge in [0.1, 0.15) is 0 Å². The summed E-state index contributed by atoms with van der Waals surface area (Å²) >= 11 is 0. The second-order valence-corrected chi connectivity index (χ2v) is 7.87. The van der Waals surface area contributed by atoms with Crippen molar-refractivity contribution in [3.8, 4) is 0 Å². The maximum absolute atomic E-state index is 12.5. The molecule has 0 aromatic carbocycles. The van der Waals surface area contributed by atoms with E-state index in [1.807, 2.05) is 0 Å². The first-order valence-corrected chi connectivity index (χ1v) is 8.38. The molecule has 0 bridgehead atoms. The first kappa shape index (κ1) is 14.2. The first-order valence-electron chi connectivity index (χ1n) is 6.88. The highest BCUT2D eigenvalue weighted by molar-refractivity contribution is 7.89. The van der Waals surface area contributed by atoms with Gasteiger partial charge >= 0.3 is 0 Å². The Morgan fingerprint density at radius 2 is 1.94 bits per heavy atom. The molecule has 1 N–H and O–H groups in total. The van der Waals surface area contributed by atoms with Crippen molar-refractivity contribution in [2.24, 2.45) is 0 Å². The Bertz CT molecular complexity index is 366. The molecule has 1 unspecified atom stereocenters. The van der Waals surface area contributed by atoms with Crippen molar-refractivity contribution in [1.82, 2.24) is 14.5 Å². The van der Waals surface area contributed by atoms with E-state index >= 15 is 0 Å². The lowest BCUT2D eigenvalue weighted by Gasteiger charge is -2.30. The van der Waals surface area contributed by atoms with Gasteiger partial charge in [-0.05, 0) is 52.4 Å². The van der Waals surface area contributed by atoms with Crippen LogP contribution in [0.15, 0.2) is 0 Å². The smallest absolute Gasteiger partial charge is 0.216 e. The summed E-state index contributed by atoms with van der Waals surface area (Å²) in [6, 6.07) is 0.395. The number of likely N-dealkylation sites (tertiary alicyclic amines) is 1. The highest BCUT2D eigenvalue weighted by atomic mass is 32.2. The van der Waals surface area contributed by atoms with Crippen molar-refractivity contribution in [3.63, 3.8) is 0 Å². The van der Waals surface area contributed by atoms with E-state index in [0.717, 1.165) is 38.9 Å². The number of hydrogen-bond donors (Lipinski definition) is 1. The Kier molecular flexibility index (Phi) is 4.64. The molecule has 2 aliphatic rings. The molecule has 0 aromatic rings. The lowest BCUT2D eigenvalue weighted by Crippen LogP contribution is -2.46. The molecule has 1 atom stereocenters. The fourth-order valence-electron chi connectivity index (χ4n) is 2.96. The number of piperidine rings is 1. The van der Waals surface area contributed by atoms with Gasteiger partial charge in [0.05, 0.1) is 5.25 Å². The van der Waals surface area contributed by atoms with Crippen molar-refractivity contribution in [3.05, 3.63) is 0 Å². The molecular weight excluding hydrogens is 250 g/mol. The van der Waals surface area contributed by atoms with Gasteiger partial charge in [-0.2, -0.15) is 0 Å². The van der Waals surface area contributed by atoms with Gasteiger partial charge in [0.25, 0.3) is 0 Å². The average Bonchev–Trinajstić information content (AvgIpc) is 2.76. The third-order valence-corrected chi connectivity index (χ3v) is 6.61. The van der Waals surface area contributed by atoms with Crippen LogP contribution in [0.3, 0.4) is 0 Å². The molecular formula is C12H25N3O2S. The number of likely N-dealkylation sites (N-methyl/N-ethyl adjacent to an activating group) is 2. The van der Waals surface area contributed by atoms with E-state index in [9.17, 15) is 8.42 Å². The number of rotatable bonds is 4. The minimum absolute atomic E-state index is 0.185. The molecule has 0 amide bonds. The van der Waals surface area contributed by atoms with E-state index in [-0.39, 0.29) is 5.25 Å². The second kappa shape index (κ2) is 5.86. The molecule has 0 aromatic heterocycles. The summed E-state index contributed by atoms with van der Waals surface area (Å²) < 4.78 is 26.5. The molecule has 0 saturated carbocycles. The highest BCUT2D eigenvalue weighted by Crippen LogP contribution is 2.20. The predicted octanol–water partition coefficient (Wildman–Crippen LogP) is 0.0942. The zero-order valence-electron chi connectivity index (χ0n) is 11.4. The van der Waals surface area contributed by atoms with Crippen LogP contribution in [0.25, 0.3) is 0 Å². The van der Waals surface area contributed by atoms with Crippen LogP contribution < -0.4 is 5.32 Å². The maximum Gasteiger partial charge on any atom is 0.216 e. The Morgan fingerprint density at radius 3 is 2.50 bits per heavy atom. The van der Waals surface area contributed by atoms with Crippen LogP contribution in [0.5, 0.6) is 0 Å². The van der Waals surface area contributed by atoms with Crippen molar-refractivity contribution in [1.29, 1.82) is 0 Å². The summed E-state index contributed by atoms with van der Waals surface area (Å²) in [6.45, 7) is 3.37. The summed E-state index contributed by atoms with van der Waals surface area (Å²) in [6.07, 6.45) is 3.78. The number of hydrogen-bond acceptors (Lipinski definition) is 4. The molecule has 18 heavy (non-hydrogen) atoms. The summed E-state index contributed by atoms with van der Waals surface area (Å²) in [4.78, 5) is 2.27. The summed E-state index contributed by atoms with van der Waals surface area (Å²) in [5.41, 5.74) is 0. The summed E-state index contributed by atoms with van der Waals surface area (Å²) in [5, 5.41) is 3.03. The molecule has 2 aliphatic heterocycles. The Hall–Kier alpha value is -0.170. The monoisotopic (exact) mass is 275 g/mol. The zero-order valence-corrected chi connectivity index (χ0v) is 12.2. The van der Waals surface area contributed by atoms with Crippen molar-refractivity contribution in [2.45, 2.75) is 37.0 Å². The lowest BCUT2D eigenvalue weighted by atomic mass is 10.2. The fourth-order valence-corrected chi connectivity index (χ4v) is 4.68. The van der Waals surface area contributed by atoms with E-state index in [1.165, 1.54) is 6.42 Å². The van der Waals surface area contributed by atoms with Gasteiger partial charge in [-0.1, -0.05) is 0 Å². The van der Waals surface area contributed by atoms with Gasteiger partial charge in [-0.3, -0.25) is 0 Å². The molecule has 2 fully saturated rings. The third-order valence-electron chi connectivity index (χ3n) is 4.28. The van der Waals surface area contributed by atoms with E-state index in [2.05, 4.69) is 17.3 Å². The van der Waals surface area contributed by atoms with E-state index < -0.39 is 10.0 Å². The van der Waals surface area contributed by atoms with Gasteiger partial charge in [-0.25, -0.2) is 12.7 Å². The number of sulfonamides is 1. The van der Waals surface area contributed by atoms with Crippen molar-refractivity contribution >= 4 is 10.0 Å². The lowest BCUT2D eigenvalue weighted by molar-refractivity contribution is 0.269. The first-order chi connectivity index (χ1) is 8.51. The van der Waals surface area contributed by atoms with Crippen LogP contribution in [0.4, 0.5) is 0 Å². The largest absolute Gasteiger partial charge is 0.317 e. The molecule has 0 aliphatic carbocycles.